The maximum absolute atomic E-state index is 6.78. The van der Waals surface area contributed by atoms with Gasteiger partial charge in [0.25, 0.3) is 0 Å². The van der Waals surface area contributed by atoms with Crippen molar-refractivity contribution < 1.29 is 17.7 Å². The summed E-state index contributed by atoms with van der Waals surface area (Å²) in [5.41, 5.74) is 29.4. The summed E-state index contributed by atoms with van der Waals surface area (Å²) in [5.74, 6) is 0. The first-order chi connectivity index (χ1) is 61.7. The van der Waals surface area contributed by atoms with Crippen molar-refractivity contribution in [2.75, 3.05) is 15.1 Å². The van der Waals surface area contributed by atoms with Gasteiger partial charge in [-0.05, 0) is 258 Å². The van der Waals surface area contributed by atoms with Crippen molar-refractivity contribution in [1.82, 2.24) is 0 Å². The minimum Gasteiger partial charge on any atom is -0.456 e. The molecule has 24 aromatic rings. The Morgan fingerprint density at radius 3 is 0.600 bits per heavy atom. The lowest BCUT2D eigenvalue weighted by Crippen LogP contribution is -2.09. The molecule has 4 aromatic heterocycles. The number of hydrogen-bond acceptors (Lipinski definition) is 7. The summed E-state index contributed by atoms with van der Waals surface area (Å²) in [6.45, 7) is 0. The van der Waals surface area contributed by atoms with Gasteiger partial charge in [0.1, 0.15) is 44.7 Å². The number of nitrogens with zero attached hydrogens (tertiary/aromatic N) is 2. The van der Waals surface area contributed by atoms with E-state index in [-0.39, 0.29) is 0 Å². The van der Waals surface area contributed by atoms with Crippen molar-refractivity contribution in [3.05, 3.63) is 459 Å². The van der Waals surface area contributed by atoms with Crippen LogP contribution in [-0.4, -0.2) is 0 Å². The molecule has 1 N–H and O–H groups in total. The molecule has 0 unspecified atom stereocenters. The van der Waals surface area contributed by atoms with E-state index in [2.05, 4.69) is 415 Å². The van der Waals surface area contributed by atoms with Crippen LogP contribution in [0.2, 0.25) is 10.0 Å². The molecule has 125 heavy (non-hydrogen) atoms. The number of fused-ring (bicyclic) bond motifs is 14. The smallest absolute Gasteiger partial charge is 0.137 e. The minimum absolute atomic E-state index is 0.670. The van der Waals surface area contributed by atoms with E-state index in [9.17, 15) is 0 Å². The van der Waals surface area contributed by atoms with E-state index in [0.29, 0.717) is 10.0 Å². The van der Waals surface area contributed by atoms with Crippen LogP contribution in [0.15, 0.2) is 467 Å². The Balaban J connectivity index is 0.000000146. The van der Waals surface area contributed by atoms with Crippen LogP contribution in [0.3, 0.4) is 0 Å². The number of halogens is 2. The summed E-state index contributed by atoms with van der Waals surface area (Å²) in [4.78, 5) is 4.61. The molecular formula is C116H75Cl2N3O4. The molecule has 0 spiro atoms. The maximum Gasteiger partial charge on any atom is 0.137 e. The van der Waals surface area contributed by atoms with E-state index >= 15 is 0 Å². The molecule has 9 heteroatoms. The molecule has 0 radical (unpaired) electrons. The lowest BCUT2D eigenvalue weighted by Gasteiger charge is -2.26. The second kappa shape index (κ2) is 32.6. The van der Waals surface area contributed by atoms with E-state index in [0.717, 1.165) is 155 Å². The Morgan fingerprint density at radius 2 is 0.352 bits per heavy atom. The highest BCUT2D eigenvalue weighted by molar-refractivity contribution is 6.32. The first-order valence-electron chi connectivity index (χ1n) is 41.8. The summed E-state index contributed by atoms with van der Waals surface area (Å²) in [6, 6.07) is 157. The van der Waals surface area contributed by atoms with Gasteiger partial charge < -0.3 is 32.8 Å². The van der Waals surface area contributed by atoms with Crippen LogP contribution in [-0.2, 0) is 0 Å². The van der Waals surface area contributed by atoms with Gasteiger partial charge in [-0.1, -0.05) is 278 Å². The number of hydrogen-bond donors (Lipinski definition) is 1. The van der Waals surface area contributed by atoms with Gasteiger partial charge in [0, 0.05) is 123 Å². The molecule has 0 amide bonds. The van der Waals surface area contributed by atoms with Crippen LogP contribution in [0.25, 0.3) is 176 Å². The summed E-state index contributed by atoms with van der Waals surface area (Å²) in [6.07, 6.45) is 0. The molecule has 0 saturated carbocycles. The fourth-order valence-electron chi connectivity index (χ4n) is 17.3. The van der Waals surface area contributed by atoms with E-state index in [1.807, 2.05) is 48.5 Å². The van der Waals surface area contributed by atoms with E-state index in [4.69, 9.17) is 40.9 Å². The molecule has 592 valence electrons. The fourth-order valence-corrected chi connectivity index (χ4v) is 17.7. The quantitative estimate of drug-likeness (QED) is 0.116. The normalized spacial score (nSPS) is 11.4. The zero-order valence-corrected chi connectivity index (χ0v) is 69.0. The van der Waals surface area contributed by atoms with Crippen molar-refractivity contribution in [2.24, 2.45) is 0 Å². The second-order valence-electron chi connectivity index (χ2n) is 31.5. The third-order valence-electron chi connectivity index (χ3n) is 23.7. The number of benzene rings is 20. The van der Waals surface area contributed by atoms with Crippen LogP contribution in [0, 0.1) is 0 Å². The van der Waals surface area contributed by atoms with Crippen molar-refractivity contribution in [1.29, 1.82) is 0 Å². The maximum atomic E-state index is 6.78. The van der Waals surface area contributed by atoms with Gasteiger partial charge in [-0.2, -0.15) is 0 Å². The van der Waals surface area contributed by atoms with E-state index in [1.54, 1.807) is 0 Å². The van der Waals surface area contributed by atoms with Crippen LogP contribution < -0.4 is 15.1 Å². The molecule has 4 heterocycles. The second-order valence-corrected chi connectivity index (χ2v) is 32.3. The predicted octanol–water partition coefficient (Wildman–Crippen LogP) is 35.0. The van der Waals surface area contributed by atoms with Crippen LogP contribution in [0.1, 0.15) is 0 Å². The molecule has 0 bridgehead atoms. The number of anilines is 8. The highest BCUT2D eigenvalue weighted by atomic mass is 35.5. The lowest BCUT2D eigenvalue weighted by atomic mass is 10.0. The zero-order chi connectivity index (χ0) is 83.3. The van der Waals surface area contributed by atoms with Crippen molar-refractivity contribution in [2.45, 2.75) is 0 Å². The molecule has 0 aliphatic rings. The topological polar surface area (TPSA) is 71.1 Å². The van der Waals surface area contributed by atoms with Gasteiger partial charge in [-0.25, -0.2) is 0 Å². The van der Waals surface area contributed by atoms with Crippen molar-refractivity contribution >= 4 is 178 Å². The summed E-state index contributed by atoms with van der Waals surface area (Å²) >= 11 is 12.2. The van der Waals surface area contributed by atoms with E-state index < -0.39 is 0 Å². The summed E-state index contributed by atoms with van der Waals surface area (Å²) in [7, 11) is 0. The third kappa shape index (κ3) is 15.1. The Bertz CT molecular complexity index is 7430. The van der Waals surface area contributed by atoms with Crippen LogP contribution in [0.5, 0.6) is 0 Å². The average molecular weight is 1650 g/mol. The van der Waals surface area contributed by atoms with Crippen molar-refractivity contribution in [3.63, 3.8) is 0 Å². The number of rotatable bonds is 14. The molecule has 0 aliphatic heterocycles. The third-order valence-corrected chi connectivity index (χ3v) is 24.1. The summed E-state index contributed by atoms with van der Waals surface area (Å²) in [5, 5.41) is 17.8. The number of furan rings is 4. The van der Waals surface area contributed by atoms with Gasteiger partial charge >= 0.3 is 0 Å². The Morgan fingerprint density at radius 1 is 0.160 bits per heavy atom. The zero-order valence-electron chi connectivity index (χ0n) is 67.5. The van der Waals surface area contributed by atoms with Gasteiger partial charge in [0.2, 0.25) is 0 Å². The van der Waals surface area contributed by atoms with Gasteiger partial charge in [-0.3, -0.25) is 0 Å². The Hall–Kier alpha value is -15.9. The average Bonchev–Trinajstić information content (AvgIpc) is 1.60. The fraction of sp³-hybridized carbons (Fsp3) is 0. The SMILES string of the molecule is Clc1ccc2c(c1)oc1cc3cc4oc5cc(Cl)ccc5c4cc3cc12.c1ccc(-c2ccc(N(c3ccc(-c4ccccc4)cc3)c3ccc4c(c3)oc3cc5cc6oc7cc(N(c8ccc(-c9ccccc9)cc8)c8ccc(-c9ccccc9)cc8)ccc7c6cc5cc34)cc2)cc1.c1ccc(-c2ccc(Nc3ccc(-c4ccccc4)cc3)cc2)cc1. The molecule has 24 rings (SSSR count). The standard InChI is InChI=1S/C70H46N2O2.C24H19N.C22H10Cl2O2/c1-5-13-47(14-6-1)51-21-29-57(30-22-51)71(58-31-23-52(24-32-58)48-15-7-2-8-16-48)61-37-39-63-65-41-55-42-66-64-40-38-62(46-70(64)74-68(66)44-56(55)43-67(65)73-69(63)45-61)72(59-33-25-53(26-34-59)49-17-9-3-10-18-49)60-35-27-54(28-36-60)50-19-11-4-12-20-50;1-3-7-19(8-4-1)21-11-15-23(16-12-21)25-24-17-13-22(14-18-24)20-9-5-2-6-10-20;23-13-1-3-15-17-5-11-6-18-16-4-2-14(24)10-22(16)26-20(18)8-12(11)7-19(17)25-21(15)9-13/h1-46H;1-18,25H;1-10H. The molecule has 0 saturated heterocycles. The summed E-state index contributed by atoms with van der Waals surface area (Å²) < 4.78 is 25.5. The lowest BCUT2D eigenvalue weighted by molar-refractivity contribution is 0.668. The van der Waals surface area contributed by atoms with Gasteiger partial charge in [0.15, 0.2) is 0 Å². The monoisotopic (exact) mass is 1640 g/mol. The highest BCUT2D eigenvalue weighted by Crippen LogP contribution is 2.46. The highest BCUT2D eigenvalue weighted by Gasteiger charge is 2.22. The van der Waals surface area contributed by atoms with Crippen LogP contribution >= 0.6 is 23.2 Å². The Kier molecular flexibility index (Phi) is 19.6. The predicted molar refractivity (Wildman–Crippen MR) is 525 cm³/mol. The largest absolute Gasteiger partial charge is 0.456 e. The molecule has 0 fully saturated rings. The molecule has 7 nitrogen and oxygen atoms in total. The molecule has 20 aromatic carbocycles. The van der Waals surface area contributed by atoms with E-state index in [1.165, 1.54) is 66.8 Å². The number of nitrogens with one attached hydrogen (secondary N) is 1. The minimum atomic E-state index is 0.670. The van der Waals surface area contributed by atoms with Gasteiger partial charge in [0.05, 0.1) is 0 Å². The first-order valence-corrected chi connectivity index (χ1v) is 42.6. The first kappa shape index (κ1) is 75.3. The molecular weight excluding hydrogens is 1570 g/mol. The Labute approximate surface area is 731 Å². The van der Waals surface area contributed by atoms with Crippen molar-refractivity contribution in [3.8, 4) is 66.8 Å². The van der Waals surface area contributed by atoms with Crippen LogP contribution in [0.4, 0.5) is 45.5 Å². The van der Waals surface area contributed by atoms with Gasteiger partial charge in [-0.15, -0.1) is 0 Å². The molecule has 0 aliphatic carbocycles. The molecule has 0 atom stereocenters.